The standard InChI is InChI=1S/C15H14ClFN2O2S/c1-10-2-3-11-8-12(17)4-6-14(11)19(10)22(20,21)13-5-7-15(16)18-9-13/h4-10H,2-3H2,1H3/t10-/m0/s1. The van der Waals surface area contributed by atoms with Gasteiger partial charge in [-0.2, -0.15) is 0 Å². The van der Waals surface area contributed by atoms with Gasteiger partial charge in [-0.3, -0.25) is 4.31 Å². The molecule has 0 spiro atoms. The van der Waals surface area contributed by atoms with Crippen molar-refractivity contribution in [1.82, 2.24) is 4.98 Å². The smallest absolute Gasteiger partial charge is 0.263 e. The topological polar surface area (TPSA) is 50.3 Å². The Morgan fingerprint density at radius 1 is 1.32 bits per heavy atom. The van der Waals surface area contributed by atoms with Crippen LogP contribution in [-0.2, 0) is 16.4 Å². The van der Waals surface area contributed by atoms with Gasteiger partial charge in [0.2, 0.25) is 0 Å². The molecule has 1 aliphatic heterocycles. The van der Waals surface area contributed by atoms with Gasteiger partial charge in [0.1, 0.15) is 15.9 Å². The molecular formula is C15H14ClFN2O2S. The van der Waals surface area contributed by atoms with Crippen molar-refractivity contribution in [2.45, 2.75) is 30.7 Å². The summed E-state index contributed by atoms with van der Waals surface area (Å²) in [7, 11) is -3.76. The Balaban J connectivity index is 2.12. The highest BCUT2D eigenvalue weighted by Crippen LogP contribution is 2.35. The van der Waals surface area contributed by atoms with Crippen LogP contribution in [0.3, 0.4) is 0 Å². The van der Waals surface area contributed by atoms with Crippen molar-refractivity contribution in [3.8, 4) is 0 Å². The maximum absolute atomic E-state index is 13.4. The zero-order valence-corrected chi connectivity index (χ0v) is 13.4. The first-order valence-electron chi connectivity index (χ1n) is 6.84. The van der Waals surface area contributed by atoms with Crippen molar-refractivity contribution in [2.24, 2.45) is 0 Å². The van der Waals surface area contributed by atoms with Crippen LogP contribution in [0.5, 0.6) is 0 Å². The molecule has 0 amide bonds. The third-order valence-corrected chi connectivity index (χ3v) is 5.90. The zero-order chi connectivity index (χ0) is 15.9. The van der Waals surface area contributed by atoms with Crippen LogP contribution >= 0.6 is 11.6 Å². The summed E-state index contributed by atoms with van der Waals surface area (Å²) < 4.78 is 40.5. The van der Waals surface area contributed by atoms with E-state index in [4.69, 9.17) is 11.6 Å². The van der Waals surface area contributed by atoms with Gasteiger partial charge in [-0.05, 0) is 55.7 Å². The van der Waals surface area contributed by atoms with Gasteiger partial charge in [0, 0.05) is 12.2 Å². The first-order chi connectivity index (χ1) is 10.4. The van der Waals surface area contributed by atoms with E-state index in [-0.39, 0.29) is 21.9 Å². The summed E-state index contributed by atoms with van der Waals surface area (Å²) in [4.78, 5) is 3.91. The van der Waals surface area contributed by atoms with E-state index in [9.17, 15) is 12.8 Å². The SMILES string of the molecule is C[C@H]1CCc2cc(F)ccc2N1S(=O)(=O)c1ccc(Cl)nc1. The van der Waals surface area contributed by atoms with E-state index in [1.165, 1.54) is 40.8 Å². The Kier molecular flexibility index (Phi) is 3.82. The number of anilines is 1. The highest BCUT2D eigenvalue weighted by atomic mass is 35.5. The molecule has 0 aliphatic carbocycles. The number of sulfonamides is 1. The van der Waals surface area contributed by atoms with E-state index in [0.717, 1.165) is 0 Å². The summed E-state index contributed by atoms with van der Waals surface area (Å²) in [5.74, 6) is -0.362. The van der Waals surface area contributed by atoms with Crippen molar-refractivity contribution < 1.29 is 12.8 Å². The van der Waals surface area contributed by atoms with Crippen LogP contribution in [0.4, 0.5) is 10.1 Å². The first kappa shape index (κ1) is 15.2. The van der Waals surface area contributed by atoms with Gasteiger partial charge in [0.05, 0.1) is 5.69 Å². The number of fused-ring (bicyclic) bond motifs is 1. The molecule has 1 aromatic heterocycles. The summed E-state index contributed by atoms with van der Waals surface area (Å²) >= 11 is 5.71. The second kappa shape index (κ2) is 5.52. The quantitative estimate of drug-likeness (QED) is 0.787. The predicted molar refractivity (Wildman–Crippen MR) is 83.1 cm³/mol. The minimum atomic E-state index is -3.76. The molecule has 0 saturated carbocycles. The number of nitrogens with zero attached hydrogens (tertiary/aromatic N) is 2. The number of rotatable bonds is 2. The largest absolute Gasteiger partial charge is 0.266 e. The summed E-state index contributed by atoms with van der Waals surface area (Å²) in [5.41, 5.74) is 1.22. The fourth-order valence-corrected chi connectivity index (χ4v) is 4.46. The molecule has 116 valence electrons. The molecule has 0 radical (unpaired) electrons. The third kappa shape index (κ3) is 2.57. The lowest BCUT2D eigenvalue weighted by atomic mass is 9.99. The highest BCUT2D eigenvalue weighted by Gasteiger charge is 2.34. The van der Waals surface area contributed by atoms with E-state index in [1.54, 1.807) is 0 Å². The first-order valence-corrected chi connectivity index (χ1v) is 8.66. The number of aryl methyl sites for hydroxylation is 1. The molecule has 4 nitrogen and oxygen atoms in total. The fourth-order valence-electron chi connectivity index (χ4n) is 2.68. The molecular weight excluding hydrogens is 327 g/mol. The van der Waals surface area contributed by atoms with Crippen LogP contribution < -0.4 is 4.31 Å². The Labute approximate surface area is 133 Å². The van der Waals surface area contributed by atoms with Gasteiger partial charge >= 0.3 is 0 Å². The number of halogens is 2. The number of benzene rings is 1. The Bertz CT molecular complexity index is 809. The van der Waals surface area contributed by atoms with Gasteiger partial charge in [0.15, 0.2) is 0 Å². The lowest BCUT2D eigenvalue weighted by Gasteiger charge is -2.35. The van der Waals surface area contributed by atoms with Crippen molar-refractivity contribution in [3.63, 3.8) is 0 Å². The van der Waals surface area contributed by atoms with Crippen molar-refractivity contribution in [2.75, 3.05) is 4.31 Å². The summed E-state index contributed by atoms with van der Waals surface area (Å²) in [6, 6.07) is 6.84. The van der Waals surface area contributed by atoms with Crippen LogP contribution in [0.2, 0.25) is 5.15 Å². The molecule has 0 fully saturated rings. The van der Waals surface area contributed by atoms with Gasteiger partial charge in [0.25, 0.3) is 10.0 Å². The molecule has 0 unspecified atom stereocenters. The van der Waals surface area contributed by atoms with Crippen LogP contribution in [0.15, 0.2) is 41.4 Å². The van der Waals surface area contributed by atoms with Crippen LogP contribution in [0.25, 0.3) is 0 Å². The van der Waals surface area contributed by atoms with Crippen LogP contribution in [0, 0.1) is 5.82 Å². The van der Waals surface area contributed by atoms with Crippen molar-refractivity contribution in [3.05, 3.63) is 53.1 Å². The summed E-state index contributed by atoms with van der Waals surface area (Å²) in [5, 5.41) is 0.230. The zero-order valence-electron chi connectivity index (χ0n) is 11.8. The molecule has 1 aromatic carbocycles. The number of aromatic nitrogens is 1. The molecule has 0 saturated heterocycles. The van der Waals surface area contributed by atoms with Crippen molar-refractivity contribution in [1.29, 1.82) is 0 Å². The minimum absolute atomic E-state index is 0.0703. The Hall–Kier alpha value is -1.66. The molecule has 1 aliphatic rings. The Morgan fingerprint density at radius 3 is 2.77 bits per heavy atom. The van der Waals surface area contributed by atoms with Crippen molar-refractivity contribution >= 4 is 27.3 Å². The minimum Gasteiger partial charge on any atom is -0.263 e. The predicted octanol–water partition coefficient (Wildman–Crippen LogP) is 3.40. The van der Waals surface area contributed by atoms with E-state index >= 15 is 0 Å². The average Bonchev–Trinajstić information content (AvgIpc) is 2.47. The second-order valence-electron chi connectivity index (χ2n) is 5.28. The molecule has 22 heavy (non-hydrogen) atoms. The van der Waals surface area contributed by atoms with E-state index < -0.39 is 10.0 Å². The number of pyridine rings is 1. The molecule has 0 bridgehead atoms. The molecule has 2 heterocycles. The summed E-state index contributed by atoms with van der Waals surface area (Å²) in [6.45, 7) is 1.84. The lowest BCUT2D eigenvalue weighted by molar-refractivity contribution is 0.560. The average molecular weight is 341 g/mol. The van der Waals surface area contributed by atoms with Gasteiger partial charge in [-0.25, -0.2) is 17.8 Å². The third-order valence-electron chi connectivity index (χ3n) is 3.77. The summed E-state index contributed by atoms with van der Waals surface area (Å²) in [6.07, 6.45) is 2.53. The second-order valence-corrected chi connectivity index (χ2v) is 7.48. The van der Waals surface area contributed by atoms with Crippen LogP contribution in [-0.4, -0.2) is 19.4 Å². The Morgan fingerprint density at radius 2 is 2.09 bits per heavy atom. The number of hydrogen-bond acceptors (Lipinski definition) is 3. The maximum Gasteiger partial charge on any atom is 0.266 e. The highest BCUT2D eigenvalue weighted by molar-refractivity contribution is 7.92. The van der Waals surface area contributed by atoms with Gasteiger partial charge < -0.3 is 0 Å². The molecule has 3 rings (SSSR count). The van der Waals surface area contributed by atoms with Gasteiger partial charge in [-0.1, -0.05) is 11.6 Å². The molecule has 0 N–H and O–H groups in total. The fraction of sp³-hybridized carbons (Fsp3) is 0.267. The normalized spacial score (nSPS) is 18.1. The number of hydrogen-bond donors (Lipinski definition) is 0. The molecule has 2 aromatic rings. The van der Waals surface area contributed by atoms with E-state index in [2.05, 4.69) is 4.98 Å². The van der Waals surface area contributed by atoms with E-state index in [1.807, 2.05) is 6.92 Å². The maximum atomic E-state index is 13.4. The van der Waals surface area contributed by atoms with E-state index in [0.29, 0.717) is 24.1 Å². The van der Waals surface area contributed by atoms with Crippen LogP contribution in [0.1, 0.15) is 18.9 Å². The monoisotopic (exact) mass is 340 g/mol. The lowest BCUT2D eigenvalue weighted by Crippen LogP contribution is -2.42. The molecule has 1 atom stereocenters. The molecule has 7 heteroatoms. The van der Waals surface area contributed by atoms with Gasteiger partial charge in [-0.15, -0.1) is 0 Å².